The highest BCUT2D eigenvalue weighted by Crippen LogP contribution is 2.17. The molecule has 1 N–H and O–H groups in total. The summed E-state index contributed by atoms with van der Waals surface area (Å²) in [5.41, 5.74) is 0.828. The summed E-state index contributed by atoms with van der Waals surface area (Å²) in [5, 5.41) is 3.24. The van der Waals surface area contributed by atoms with E-state index in [1.54, 1.807) is 44.4 Å². The summed E-state index contributed by atoms with van der Waals surface area (Å²) < 4.78 is 15.6. The lowest BCUT2D eigenvalue weighted by atomic mass is 10.2. The van der Waals surface area contributed by atoms with Crippen LogP contribution in [0.2, 0.25) is 5.02 Å². The summed E-state index contributed by atoms with van der Waals surface area (Å²) in [4.78, 5) is 23.8. The predicted molar refractivity (Wildman–Crippen MR) is 97.3 cm³/mol. The Labute approximate surface area is 157 Å². The summed E-state index contributed by atoms with van der Waals surface area (Å²) in [6.45, 7) is 1.43. The van der Waals surface area contributed by atoms with E-state index < -0.39 is 18.0 Å². The monoisotopic (exact) mass is 377 g/mol. The van der Waals surface area contributed by atoms with Gasteiger partial charge >= 0.3 is 5.97 Å². The number of rotatable bonds is 8. The van der Waals surface area contributed by atoms with Gasteiger partial charge in [-0.25, -0.2) is 4.79 Å². The number of halogens is 1. The van der Waals surface area contributed by atoms with Crippen LogP contribution in [0.4, 0.5) is 0 Å². The fourth-order valence-electron chi connectivity index (χ4n) is 2.11. The number of hydrogen-bond donors (Lipinski definition) is 1. The maximum atomic E-state index is 11.9. The Balaban J connectivity index is 1.75. The molecule has 1 amide bonds. The summed E-state index contributed by atoms with van der Waals surface area (Å²) in [7, 11) is 1.56. The molecule has 0 bridgehead atoms. The van der Waals surface area contributed by atoms with Crippen LogP contribution in [0.5, 0.6) is 11.5 Å². The molecule has 2 aromatic rings. The highest BCUT2D eigenvalue weighted by atomic mass is 35.5. The van der Waals surface area contributed by atoms with Gasteiger partial charge in [0.2, 0.25) is 0 Å². The lowest BCUT2D eigenvalue weighted by Crippen LogP contribution is -2.32. The number of methoxy groups -OCH3 is 1. The first kappa shape index (κ1) is 19.6. The SMILES string of the molecule is COc1ccccc1CNC(=O)COC(=O)[C@H](C)Oc1ccc(Cl)cc1. The molecule has 0 aromatic heterocycles. The van der Waals surface area contributed by atoms with Crippen LogP contribution < -0.4 is 14.8 Å². The summed E-state index contributed by atoms with van der Waals surface area (Å²) in [6.07, 6.45) is -0.849. The first-order valence-electron chi connectivity index (χ1n) is 7.97. The number of carbonyl (C=O) groups excluding carboxylic acids is 2. The average molecular weight is 378 g/mol. The third kappa shape index (κ3) is 5.97. The average Bonchev–Trinajstić information content (AvgIpc) is 2.66. The second-order valence-electron chi connectivity index (χ2n) is 5.41. The van der Waals surface area contributed by atoms with Gasteiger partial charge in [0.05, 0.1) is 7.11 Å². The van der Waals surface area contributed by atoms with E-state index in [1.807, 2.05) is 18.2 Å². The molecular weight excluding hydrogens is 358 g/mol. The Morgan fingerprint density at radius 1 is 1.12 bits per heavy atom. The van der Waals surface area contributed by atoms with Crippen LogP contribution in [-0.2, 0) is 20.9 Å². The lowest BCUT2D eigenvalue weighted by Gasteiger charge is -2.14. The van der Waals surface area contributed by atoms with Crippen LogP contribution >= 0.6 is 11.6 Å². The minimum atomic E-state index is -0.849. The van der Waals surface area contributed by atoms with Crippen LogP contribution in [0, 0.1) is 0 Å². The zero-order chi connectivity index (χ0) is 18.9. The Morgan fingerprint density at radius 2 is 1.81 bits per heavy atom. The molecule has 0 radical (unpaired) electrons. The van der Waals surface area contributed by atoms with Gasteiger partial charge in [-0.1, -0.05) is 29.8 Å². The van der Waals surface area contributed by atoms with Gasteiger partial charge in [0, 0.05) is 17.1 Å². The van der Waals surface area contributed by atoms with Crippen molar-refractivity contribution in [2.75, 3.05) is 13.7 Å². The molecule has 0 fully saturated rings. The Bertz CT molecular complexity index is 748. The maximum Gasteiger partial charge on any atom is 0.347 e. The van der Waals surface area contributed by atoms with Gasteiger partial charge in [0.1, 0.15) is 11.5 Å². The second kappa shape index (κ2) is 9.68. The van der Waals surface area contributed by atoms with E-state index in [2.05, 4.69) is 5.32 Å². The van der Waals surface area contributed by atoms with Gasteiger partial charge in [-0.2, -0.15) is 0 Å². The minimum absolute atomic E-state index is 0.275. The van der Waals surface area contributed by atoms with Gasteiger partial charge in [0.25, 0.3) is 5.91 Å². The Hall–Kier alpha value is -2.73. The fraction of sp³-hybridized carbons (Fsp3) is 0.263. The van der Waals surface area contributed by atoms with Gasteiger partial charge < -0.3 is 19.5 Å². The van der Waals surface area contributed by atoms with E-state index in [-0.39, 0.29) is 13.2 Å². The molecule has 138 valence electrons. The van der Waals surface area contributed by atoms with Crippen LogP contribution in [-0.4, -0.2) is 31.7 Å². The zero-order valence-corrected chi connectivity index (χ0v) is 15.3. The first-order chi connectivity index (χ1) is 12.5. The normalized spacial score (nSPS) is 11.3. The van der Waals surface area contributed by atoms with Gasteiger partial charge in [-0.15, -0.1) is 0 Å². The molecule has 1 atom stereocenters. The van der Waals surface area contributed by atoms with E-state index in [4.69, 9.17) is 25.8 Å². The summed E-state index contributed by atoms with van der Waals surface area (Å²) in [6, 6.07) is 13.9. The maximum absolute atomic E-state index is 11.9. The van der Waals surface area contributed by atoms with E-state index in [9.17, 15) is 9.59 Å². The van der Waals surface area contributed by atoms with Crippen molar-refractivity contribution in [3.05, 3.63) is 59.1 Å². The van der Waals surface area contributed by atoms with Crippen molar-refractivity contribution in [3.8, 4) is 11.5 Å². The van der Waals surface area contributed by atoms with Crippen molar-refractivity contribution >= 4 is 23.5 Å². The molecule has 0 unspecified atom stereocenters. The smallest absolute Gasteiger partial charge is 0.347 e. The topological polar surface area (TPSA) is 73.9 Å². The number of esters is 1. The van der Waals surface area contributed by atoms with Gasteiger partial charge in [-0.3, -0.25) is 4.79 Å². The van der Waals surface area contributed by atoms with Crippen molar-refractivity contribution in [1.82, 2.24) is 5.32 Å². The summed E-state index contributed by atoms with van der Waals surface area (Å²) >= 11 is 5.79. The predicted octanol–water partition coefficient (Wildman–Crippen LogP) is 2.98. The van der Waals surface area contributed by atoms with E-state index >= 15 is 0 Å². The largest absolute Gasteiger partial charge is 0.496 e. The van der Waals surface area contributed by atoms with Crippen LogP contribution in [0.15, 0.2) is 48.5 Å². The van der Waals surface area contributed by atoms with E-state index in [1.165, 1.54) is 0 Å². The Kier molecular flexibility index (Phi) is 7.29. The molecule has 0 aliphatic carbocycles. The summed E-state index contributed by atoms with van der Waals surface area (Å²) in [5.74, 6) is 0.115. The van der Waals surface area contributed by atoms with Crippen LogP contribution in [0.1, 0.15) is 12.5 Å². The third-order valence-corrected chi connectivity index (χ3v) is 3.72. The molecule has 0 aliphatic rings. The van der Waals surface area contributed by atoms with Crippen molar-refractivity contribution in [1.29, 1.82) is 0 Å². The van der Waals surface area contributed by atoms with Crippen LogP contribution in [0.3, 0.4) is 0 Å². The highest BCUT2D eigenvalue weighted by Gasteiger charge is 2.18. The number of para-hydroxylation sites is 1. The number of nitrogens with one attached hydrogen (secondary N) is 1. The molecule has 0 saturated heterocycles. The molecule has 0 aliphatic heterocycles. The van der Waals surface area contributed by atoms with Crippen LogP contribution in [0.25, 0.3) is 0 Å². The van der Waals surface area contributed by atoms with Gasteiger partial charge in [-0.05, 0) is 37.3 Å². The molecule has 0 saturated carbocycles. The molecule has 2 rings (SSSR count). The van der Waals surface area contributed by atoms with E-state index in [0.717, 1.165) is 5.56 Å². The van der Waals surface area contributed by atoms with Gasteiger partial charge in [0.15, 0.2) is 12.7 Å². The molecule has 26 heavy (non-hydrogen) atoms. The first-order valence-corrected chi connectivity index (χ1v) is 8.35. The highest BCUT2D eigenvalue weighted by molar-refractivity contribution is 6.30. The molecule has 6 nitrogen and oxygen atoms in total. The number of hydrogen-bond acceptors (Lipinski definition) is 5. The molecule has 7 heteroatoms. The Morgan fingerprint density at radius 3 is 2.50 bits per heavy atom. The molecule has 2 aromatic carbocycles. The molecule has 0 spiro atoms. The van der Waals surface area contributed by atoms with Crippen molar-refractivity contribution in [2.45, 2.75) is 19.6 Å². The number of amides is 1. The number of ether oxygens (including phenoxy) is 3. The molecule has 0 heterocycles. The van der Waals surface area contributed by atoms with E-state index in [0.29, 0.717) is 16.5 Å². The number of carbonyl (C=O) groups is 2. The second-order valence-corrected chi connectivity index (χ2v) is 5.85. The lowest BCUT2D eigenvalue weighted by molar-refractivity contribution is -0.154. The number of benzene rings is 2. The minimum Gasteiger partial charge on any atom is -0.496 e. The standard InChI is InChI=1S/C19H20ClNO5/c1-13(26-16-9-7-15(20)8-10-16)19(23)25-12-18(22)21-11-14-5-3-4-6-17(14)24-2/h3-10,13H,11-12H2,1-2H3,(H,21,22)/t13-/m0/s1. The van der Waals surface area contributed by atoms with Crippen molar-refractivity contribution in [3.63, 3.8) is 0 Å². The van der Waals surface area contributed by atoms with Crippen molar-refractivity contribution in [2.24, 2.45) is 0 Å². The zero-order valence-electron chi connectivity index (χ0n) is 14.5. The van der Waals surface area contributed by atoms with Crippen molar-refractivity contribution < 1.29 is 23.8 Å². The quantitative estimate of drug-likeness (QED) is 0.716. The molecular formula is C19H20ClNO5. The third-order valence-electron chi connectivity index (χ3n) is 3.47. The fourth-order valence-corrected chi connectivity index (χ4v) is 2.24.